The quantitative estimate of drug-likeness (QED) is 0.281. The van der Waals surface area contributed by atoms with Crippen LogP contribution in [0.1, 0.15) is 27.5 Å². The van der Waals surface area contributed by atoms with Crippen molar-refractivity contribution in [3.63, 3.8) is 0 Å². The van der Waals surface area contributed by atoms with Gasteiger partial charge in [0.2, 0.25) is 5.91 Å². The van der Waals surface area contributed by atoms with Gasteiger partial charge in [0.1, 0.15) is 33.1 Å². The van der Waals surface area contributed by atoms with Crippen LogP contribution >= 0.6 is 11.3 Å². The number of alkyl halides is 3. The van der Waals surface area contributed by atoms with Crippen LogP contribution in [-0.4, -0.2) is 31.5 Å². The Labute approximate surface area is 197 Å². The van der Waals surface area contributed by atoms with Crippen LogP contribution in [0.5, 0.6) is 0 Å². The van der Waals surface area contributed by atoms with Crippen LogP contribution in [-0.2, 0) is 17.5 Å². The summed E-state index contributed by atoms with van der Waals surface area (Å²) in [6, 6.07) is 3.66. The lowest BCUT2D eigenvalue weighted by Gasteiger charge is -2.11. The number of nitrogens with one attached hydrogen (secondary N) is 1. The van der Waals surface area contributed by atoms with Gasteiger partial charge >= 0.3 is 11.9 Å². The third-order valence-corrected chi connectivity index (χ3v) is 6.01. The highest BCUT2D eigenvalue weighted by Crippen LogP contribution is 2.43. The van der Waals surface area contributed by atoms with E-state index in [0.717, 1.165) is 6.07 Å². The van der Waals surface area contributed by atoms with Crippen LogP contribution in [0.3, 0.4) is 0 Å². The number of fused-ring (bicyclic) bond motifs is 1. The maximum atomic E-state index is 13.5. The Morgan fingerprint density at radius 1 is 1.37 bits per heavy atom. The van der Waals surface area contributed by atoms with Crippen LogP contribution in [0.4, 0.5) is 24.5 Å². The molecule has 0 aliphatic carbocycles. The Bertz CT molecular complexity index is 1460. The summed E-state index contributed by atoms with van der Waals surface area (Å²) < 4.78 is 46.9. The highest BCUT2D eigenvalue weighted by Gasteiger charge is 2.35. The Morgan fingerprint density at radius 2 is 2.11 bits per heavy atom. The lowest BCUT2D eigenvalue weighted by Crippen LogP contribution is -2.18. The first-order chi connectivity index (χ1) is 16.5. The predicted molar refractivity (Wildman–Crippen MR) is 118 cm³/mol. The summed E-state index contributed by atoms with van der Waals surface area (Å²) >= 11 is 0.604. The topological polar surface area (TPSA) is 159 Å². The molecule has 0 radical (unpaired) electrons. The third-order valence-electron chi connectivity index (χ3n) is 4.91. The maximum Gasteiger partial charge on any atom is 0.433 e. The van der Waals surface area contributed by atoms with E-state index in [4.69, 9.17) is 10.2 Å². The molecule has 3 N–H and O–H groups in total. The summed E-state index contributed by atoms with van der Waals surface area (Å²) in [5.74, 6) is -1.54. The molecule has 4 rings (SSSR count). The van der Waals surface area contributed by atoms with E-state index in [1.807, 2.05) is 0 Å². The molecule has 0 fully saturated rings. The second-order valence-corrected chi connectivity index (χ2v) is 8.30. The van der Waals surface area contributed by atoms with Crippen molar-refractivity contribution in [3.05, 3.63) is 57.0 Å². The van der Waals surface area contributed by atoms with Gasteiger partial charge in [0.15, 0.2) is 0 Å². The summed E-state index contributed by atoms with van der Waals surface area (Å²) in [5.41, 5.74) is 4.05. The standard InChI is InChI=1S/C20H15F3N6O5S/c1-9-11(29(32)33)8-28(27-9)5-4-14(30)26-16-15-10(12-3-2-6-34-12)7-13(20(21,22)23)25-19(15)35-17(16)18(24)31/h2-3,6-8H,4-5H2,1H3,(H2,24,31)(H,26,30). The molecule has 182 valence electrons. The molecular formula is C20H15F3N6O5S. The Balaban J connectivity index is 1.73. The van der Waals surface area contributed by atoms with E-state index < -0.39 is 28.6 Å². The minimum absolute atomic E-state index is 0.0317. The number of carbonyl (C=O) groups is 2. The molecule has 0 spiro atoms. The lowest BCUT2D eigenvalue weighted by atomic mass is 10.1. The number of furan rings is 1. The van der Waals surface area contributed by atoms with E-state index in [9.17, 15) is 32.9 Å². The van der Waals surface area contributed by atoms with Crippen molar-refractivity contribution in [2.75, 3.05) is 5.32 Å². The molecule has 0 bridgehead atoms. The molecule has 0 atom stereocenters. The van der Waals surface area contributed by atoms with E-state index >= 15 is 0 Å². The van der Waals surface area contributed by atoms with Crippen LogP contribution < -0.4 is 11.1 Å². The number of amides is 2. The van der Waals surface area contributed by atoms with E-state index in [-0.39, 0.29) is 56.5 Å². The maximum absolute atomic E-state index is 13.5. The molecule has 0 aliphatic heterocycles. The number of primary amides is 1. The van der Waals surface area contributed by atoms with Crippen molar-refractivity contribution in [1.29, 1.82) is 0 Å². The van der Waals surface area contributed by atoms with Gasteiger partial charge in [0.05, 0.1) is 16.9 Å². The zero-order chi connectivity index (χ0) is 25.5. The molecule has 0 aliphatic rings. The summed E-state index contributed by atoms with van der Waals surface area (Å²) in [6.07, 6.45) is -2.55. The first-order valence-electron chi connectivity index (χ1n) is 9.82. The minimum Gasteiger partial charge on any atom is -0.464 e. The fourth-order valence-electron chi connectivity index (χ4n) is 3.38. The average molecular weight is 508 g/mol. The molecule has 0 saturated heterocycles. The number of hydrogen-bond acceptors (Lipinski definition) is 8. The van der Waals surface area contributed by atoms with E-state index in [0.29, 0.717) is 11.3 Å². The van der Waals surface area contributed by atoms with Gasteiger partial charge in [-0.25, -0.2) is 4.98 Å². The number of nitrogens with zero attached hydrogens (tertiary/aromatic N) is 4. The van der Waals surface area contributed by atoms with Crippen LogP contribution in [0.2, 0.25) is 0 Å². The smallest absolute Gasteiger partial charge is 0.433 e. The number of pyridine rings is 1. The fraction of sp³-hybridized carbons (Fsp3) is 0.200. The molecule has 4 heterocycles. The predicted octanol–water partition coefficient (Wildman–Crippen LogP) is 4.12. The van der Waals surface area contributed by atoms with Gasteiger partial charge in [-0.2, -0.15) is 18.3 Å². The molecule has 0 saturated carbocycles. The molecule has 0 unspecified atom stereocenters. The van der Waals surface area contributed by atoms with Gasteiger partial charge in [-0.05, 0) is 25.1 Å². The summed E-state index contributed by atoms with van der Waals surface area (Å²) in [5, 5.41) is 17.5. The van der Waals surface area contributed by atoms with E-state index in [1.54, 1.807) is 0 Å². The van der Waals surface area contributed by atoms with Crippen molar-refractivity contribution < 1.29 is 32.1 Å². The van der Waals surface area contributed by atoms with E-state index in [1.165, 1.54) is 36.2 Å². The average Bonchev–Trinajstić information content (AvgIpc) is 3.50. The largest absolute Gasteiger partial charge is 0.464 e. The number of nitro groups is 1. The number of hydrogen-bond donors (Lipinski definition) is 2. The number of aryl methyl sites for hydroxylation is 2. The molecule has 0 aromatic carbocycles. The molecule has 15 heteroatoms. The molecule has 11 nitrogen and oxygen atoms in total. The SMILES string of the molecule is Cc1nn(CCC(=O)Nc2c(C(N)=O)sc3nc(C(F)(F)F)cc(-c4ccco4)c23)cc1[N+](=O)[O-]. The van der Waals surface area contributed by atoms with Gasteiger partial charge in [0.25, 0.3) is 5.91 Å². The number of halogens is 3. The fourth-order valence-corrected chi connectivity index (χ4v) is 4.39. The first kappa shape index (κ1) is 23.9. The third kappa shape index (κ3) is 4.70. The first-order valence-corrected chi connectivity index (χ1v) is 10.6. The Morgan fingerprint density at radius 3 is 2.69 bits per heavy atom. The summed E-state index contributed by atoms with van der Waals surface area (Å²) in [7, 11) is 0. The molecule has 4 aromatic heterocycles. The monoisotopic (exact) mass is 508 g/mol. The molecular weight excluding hydrogens is 493 g/mol. The van der Waals surface area contributed by atoms with Gasteiger partial charge in [-0.3, -0.25) is 24.4 Å². The number of carbonyl (C=O) groups excluding carboxylic acids is 2. The molecule has 4 aromatic rings. The minimum atomic E-state index is -4.78. The van der Waals surface area contributed by atoms with Crippen LogP contribution in [0, 0.1) is 17.0 Å². The van der Waals surface area contributed by atoms with Gasteiger partial charge in [0, 0.05) is 23.9 Å². The second kappa shape index (κ2) is 8.83. The van der Waals surface area contributed by atoms with Crippen LogP contribution in [0.25, 0.3) is 21.5 Å². The molecule has 2 amide bonds. The number of anilines is 1. The highest BCUT2D eigenvalue weighted by molar-refractivity contribution is 7.21. The zero-order valence-corrected chi connectivity index (χ0v) is 18.6. The van der Waals surface area contributed by atoms with Crippen molar-refractivity contribution >= 4 is 44.7 Å². The van der Waals surface area contributed by atoms with Gasteiger partial charge in [-0.1, -0.05) is 0 Å². The second-order valence-electron chi connectivity index (χ2n) is 7.30. The number of rotatable bonds is 7. The molecule has 35 heavy (non-hydrogen) atoms. The highest BCUT2D eigenvalue weighted by atomic mass is 32.1. The number of nitrogens with two attached hydrogens (primary N) is 1. The van der Waals surface area contributed by atoms with E-state index in [2.05, 4.69) is 15.4 Å². The number of aromatic nitrogens is 3. The Kier molecular flexibility index (Phi) is 6.02. The Hall–Kier alpha value is -4.27. The van der Waals surface area contributed by atoms with Crippen molar-refractivity contribution in [2.45, 2.75) is 26.1 Å². The summed E-state index contributed by atoms with van der Waals surface area (Å²) in [6.45, 7) is 1.42. The van der Waals surface area contributed by atoms with Crippen molar-refractivity contribution in [3.8, 4) is 11.3 Å². The van der Waals surface area contributed by atoms with Gasteiger partial charge in [-0.15, -0.1) is 11.3 Å². The van der Waals surface area contributed by atoms with Crippen LogP contribution in [0.15, 0.2) is 35.1 Å². The number of thiophene rings is 1. The lowest BCUT2D eigenvalue weighted by molar-refractivity contribution is -0.385. The van der Waals surface area contributed by atoms with Gasteiger partial charge < -0.3 is 15.5 Å². The van der Waals surface area contributed by atoms with Crippen molar-refractivity contribution in [1.82, 2.24) is 14.8 Å². The zero-order valence-electron chi connectivity index (χ0n) is 17.8. The normalized spacial score (nSPS) is 11.7. The van der Waals surface area contributed by atoms with Crippen molar-refractivity contribution in [2.24, 2.45) is 5.73 Å². The summed E-state index contributed by atoms with van der Waals surface area (Å²) in [4.78, 5) is 38.4.